The fourth-order valence-electron chi connectivity index (χ4n) is 1.40. The molecule has 0 aliphatic carbocycles. The zero-order valence-electron chi connectivity index (χ0n) is 7.33. The molecule has 0 aromatic rings. The van der Waals surface area contributed by atoms with Crippen LogP contribution in [-0.2, 0) is 4.74 Å². The van der Waals surface area contributed by atoms with Gasteiger partial charge >= 0.3 is 0 Å². The summed E-state index contributed by atoms with van der Waals surface area (Å²) in [6.07, 6.45) is -2.53. The van der Waals surface area contributed by atoms with Gasteiger partial charge in [0.05, 0.1) is 18.8 Å². The molecule has 5 nitrogen and oxygen atoms in total. The third-order valence-corrected chi connectivity index (χ3v) is 2.25. The summed E-state index contributed by atoms with van der Waals surface area (Å²) in [7, 11) is 0. The summed E-state index contributed by atoms with van der Waals surface area (Å²) >= 11 is 0. The van der Waals surface area contributed by atoms with Crippen LogP contribution in [0.5, 0.6) is 0 Å². The van der Waals surface area contributed by atoms with Gasteiger partial charge in [0.2, 0.25) is 0 Å². The molecule has 0 amide bonds. The van der Waals surface area contributed by atoms with Gasteiger partial charge in [-0.2, -0.15) is 0 Å². The van der Waals surface area contributed by atoms with E-state index < -0.39 is 31.0 Å². The number of aliphatic hydroxyl groups is 4. The molecule has 0 radical (unpaired) electrons. The summed E-state index contributed by atoms with van der Waals surface area (Å²) in [6, 6.07) is 0. The van der Waals surface area contributed by atoms with Crippen LogP contribution >= 0.6 is 0 Å². The monoisotopic (exact) mass is 192 g/mol. The van der Waals surface area contributed by atoms with Crippen molar-refractivity contribution in [1.29, 1.82) is 0 Å². The summed E-state index contributed by atoms with van der Waals surface area (Å²) in [4.78, 5) is 0. The van der Waals surface area contributed by atoms with Gasteiger partial charge in [0.25, 0.3) is 0 Å². The predicted molar refractivity (Wildman–Crippen MR) is 44.1 cm³/mol. The van der Waals surface area contributed by atoms with E-state index in [1.54, 1.807) is 0 Å². The number of hydrogen-bond acceptors (Lipinski definition) is 5. The van der Waals surface area contributed by atoms with Gasteiger partial charge in [-0.1, -0.05) is 0 Å². The van der Waals surface area contributed by atoms with E-state index in [2.05, 4.69) is 0 Å². The molecule has 0 spiro atoms. The molecule has 0 aromatic carbocycles. The normalized spacial score (nSPS) is 34.2. The van der Waals surface area contributed by atoms with Crippen molar-refractivity contribution in [2.24, 2.45) is 0 Å². The Morgan fingerprint density at radius 1 is 1.38 bits per heavy atom. The maximum absolute atomic E-state index is 9.41. The van der Waals surface area contributed by atoms with Crippen molar-refractivity contribution in [3.63, 3.8) is 0 Å². The van der Waals surface area contributed by atoms with Crippen LogP contribution in [0.1, 0.15) is 12.8 Å². The maximum Gasteiger partial charge on any atom is 0.108 e. The SMILES string of the molecule is OCC(O)C(O)C1CC(O)CCO1. The van der Waals surface area contributed by atoms with Gasteiger partial charge in [-0.05, 0) is 6.42 Å². The van der Waals surface area contributed by atoms with Crippen molar-refractivity contribution in [3.8, 4) is 0 Å². The molecule has 1 saturated heterocycles. The number of hydrogen-bond donors (Lipinski definition) is 4. The van der Waals surface area contributed by atoms with Gasteiger partial charge in [0.15, 0.2) is 0 Å². The second-order valence-corrected chi connectivity index (χ2v) is 3.33. The highest BCUT2D eigenvalue weighted by Gasteiger charge is 2.31. The zero-order valence-corrected chi connectivity index (χ0v) is 7.33. The Balaban J connectivity index is 2.41. The van der Waals surface area contributed by atoms with Crippen molar-refractivity contribution < 1.29 is 25.2 Å². The van der Waals surface area contributed by atoms with Crippen LogP contribution < -0.4 is 0 Å². The summed E-state index contributed by atoms with van der Waals surface area (Å²) in [5.74, 6) is 0. The Hall–Kier alpha value is -0.200. The van der Waals surface area contributed by atoms with Crippen LogP contribution in [0.4, 0.5) is 0 Å². The molecule has 1 heterocycles. The van der Waals surface area contributed by atoms with Crippen LogP contribution in [0.2, 0.25) is 0 Å². The molecule has 1 fully saturated rings. The molecule has 4 N–H and O–H groups in total. The molecule has 1 aliphatic heterocycles. The summed E-state index contributed by atoms with van der Waals surface area (Å²) < 4.78 is 5.15. The number of ether oxygens (including phenoxy) is 1. The van der Waals surface area contributed by atoms with E-state index in [9.17, 15) is 10.2 Å². The summed E-state index contributed by atoms with van der Waals surface area (Å²) in [6.45, 7) is -0.127. The first-order chi connectivity index (χ1) is 6.15. The largest absolute Gasteiger partial charge is 0.394 e. The van der Waals surface area contributed by atoms with Crippen LogP contribution in [0, 0.1) is 0 Å². The molecule has 1 rings (SSSR count). The van der Waals surface area contributed by atoms with Crippen LogP contribution in [-0.4, -0.2) is 58.1 Å². The van der Waals surface area contributed by atoms with Crippen LogP contribution in [0.3, 0.4) is 0 Å². The Morgan fingerprint density at radius 2 is 2.08 bits per heavy atom. The lowest BCUT2D eigenvalue weighted by Gasteiger charge is -2.31. The van der Waals surface area contributed by atoms with Crippen molar-refractivity contribution in [3.05, 3.63) is 0 Å². The van der Waals surface area contributed by atoms with Gasteiger partial charge in [-0.25, -0.2) is 0 Å². The molecule has 4 unspecified atom stereocenters. The lowest BCUT2D eigenvalue weighted by molar-refractivity contribution is -0.136. The van der Waals surface area contributed by atoms with Crippen molar-refractivity contribution in [2.75, 3.05) is 13.2 Å². The molecule has 0 saturated carbocycles. The minimum Gasteiger partial charge on any atom is -0.394 e. The average Bonchev–Trinajstić information content (AvgIpc) is 2.15. The van der Waals surface area contributed by atoms with E-state index in [0.717, 1.165) is 0 Å². The Bertz CT molecular complexity index is 151. The van der Waals surface area contributed by atoms with Gasteiger partial charge in [-0.15, -0.1) is 0 Å². The Kier molecular flexibility index (Phi) is 4.08. The second kappa shape index (κ2) is 4.88. The lowest BCUT2D eigenvalue weighted by Crippen LogP contribution is -2.45. The number of aliphatic hydroxyl groups excluding tert-OH is 4. The molecule has 5 heteroatoms. The quantitative estimate of drug-likeness (QED) is 0.425. The number of rotatable bonds is 3. The highest BCUT2D eigenvalue weighted by atomic mass is 16.5. The highest BCUT2D eigenvalue weighted by molar-refractivity contribution is 4.81. The molecule has 4 atom stereocenters. The lowest BCUT2D eigenvalue weighted by atomic mass is 9.99. The first kappa shape index (κ1) is 10.9. The van der Waals surface area contributed by atoms with Gasteiger partial charge in [0.1, 0.15) is 12.2 Å². The summed E-state index contributed by atoms with van der Waals surface area (Å²) in [5, 5.41) is 36.3. The van der Waals surface area contributed by atoms with E-state index >= 15 is 0 Å². The van der Waals surface area contributed by atoms with Gasteiger partial charge < -0.3 is 25.2 Å². The van der Waals surface area contributed by atoms with Crippen LogP contribution in [0.15, 0.2) is 0 Å². The molecular weight excluding hydrogens is 176 g/mol. The predicted octanol–water partition coefficient (Wildman–Crippen LogP) is -1.76. The van der Waals surface area contributed by atoms with Gasteiger partial charge in [-0.3, -0.25) is 0 Å². The molecular formula is C8H16O5. The molecule has 1 aliphatic rings. The first-order valence-corrected chi connectivity index (χ1v) is 4.41. The average molecular weight is 192 g/mol. The topological polar surface area (TPSA) is 90.2 Å². The van der Waals surface area contributed by atoms with Gasteiger partial charge in [0, 0.05) is 13.0 Å². The standard InChI is InChI=1S/C8H16O5/c9-4-6(11)8(12)7-3-5(10)1-2-13-7/h5-12H,1-4H2. The highest BCUT2D eigenvalue weighted by Crippen LogP contribution is 2.18. The fourth-order valence-corrected chi connectivity index (χ4v) is 1.40. The maximum atomic E-state index is 9.41. The summed E-state index contributed by atoms with van der Waals surface area (Å²) in [5.41, 5.74) is 0. The molecule has 0 bridgehead atoms. The van der Waals surface area contributed by atoms with E-state index in [-0.39, 0.29) is 0 Å². The Labute approximate surface area is 76.6 Å². The fraction of sp³-hybridized carbons (Fsp3) is 1.00. The minimum absolute atomic E-state index is 0.304. The van der Waals surface area contributed by atoms with Crippen molar-refractivity contribution in [2.45, 2.75) is 37.3 Å². The van der Waals surface area contributed by atoms with E-state index in [1.807, 2.05) is 0 Å². The van der Waals surface area contributed by atoms with Crippen LogP contribution in [0.25, 0.3) is 0 Å². The van der Waals surface area contributed by atoms with Crippen molar-refractivity contribution >= 4 is 0 Å². The first-order valence-electron chi connectivity index (χ1n) is 4.41. The zero-order chi connectivity index (χ0) is 9.84. The third-order valence-electron chi connectivity index (χ3n) is 2.25. The van der Waals surface area contributed by atoms with E-state index in [0.29, 0.717) is 19.4 Å². The van der Waals surface area contributed by atoms with Crippen molar-refractivity contribution in [1.82, 2.24) is 0 Å². The Morgan fingerprint density at radius 3 is 2.62 bits per heavy atom. The third kappa shape index (κ3) is 2.89. The minimum atomic E-state index is -1.20. The molecule has 0 aromatic heterocycles. The second-order valence-electron chi connectivity index (χ2n) is 3.33. The van der Waals surface area contributed by atoms with E-state index in [1.165, 1.54) is 0 Å². The molecule has 78 valence electrons. The smallest absolute Gasteiger partial charge is 0.108 e. The van der Waals surface area contributed by atoms with E-state index in [4.69, 9.17) is 14.9 Å². The molecule has 13 heavy (non-hydrogen) atoms.